The summed E-state index contributed by atoms with van der Waals surface area (Å²) in [5.74, 6) is 6.57. The minimum absolute atomic E-state index is 0.0368. The molecule has 2 aliphatic heterocycles. The molecule has 40 nitrogen and oxygen atoms in total. The number of nitrogens with two attached hydrogens (primary N) is 1. The number of hydrogen-bond acceptors (Lipinski definition) is 33. The van der Waals surface area contributed by atoms with Gasteiger partial charge in [0.25, 0.3) is 11.8 Å². The van der Waals surface area contributed by atoms with Crippen LogP contribution in [0.4, 0.5) is 46.5 Å². The molecular formula is C110H113N23O17. The number of primary amides is 1. The lowest BCUT2D eigenvalue weighted by Gasteiger charge is -2.23. The predicted molar refractivity (Wildman–Crippen MR) is 567 cm³/mol. The lowest BCUT2D eigenvalue weighted by atomic mass is 10.1. The molecule has 12 N–H and O–H groups in total. The van der Waals surface area contributed by atoms with Gasteiger partial charge in [-0.2, -0.15) is 39.9 Å². The minimum Gasteiger partial charge on any atom is -0.495 e. The number of aliphatic hydroxyl groups excluding tert-OH is 1. The van der Waals surface area contributed by atoms with Crippen molar-refractivity contribution in [3.05, 3.63) is 217 Å². The quantitative estimate of drug-likeness (QED) is 0.0199. The second-order valence-corrected chi connectivity index (χ2v) is 36.7. The van der Waals surface area contributed by atoms with Crippen molar-refractivity contribution in [2.75, 3.05) is 103 Å². The second kappa shape index (κ2) is 44.8. The van der Waals surface area contributed by atoms with Gasteiger partial charge in [0.15, 0.2) is 34.4 Å². The van der Waals surface area contributed by atoms with E-state index in [1.54, 1.807) is 74.8 Å². The van der Waals surface area contributed by atoms with Gasteiger partial charge in [0.05, 0.1) is 93.0 Å². The molecular weight excluding hydrogens is 1920 g/mol. The third-order valence-corrected chi connectivity index (χ3v) is 26.1. The van der Waals surface area contributed by atoms with E-state index in [1.165, 1.54) is 27.1 Å². The van der Waals surface area contributed by atoms with Crippen molar-refractivity contribution in [3.8, 4) is 91.2 Å². The number of aromatic amines is 4. The summed E-state index contributed by atoms with van der Waals surface area (Å²) >= 11 is 0. The summed E-state index contributed by atoms with van der Waals surface area (Å²) in [6.07, 6.45) is 21.4. The van der Waals surface area contributed by atoms with Crippen LogP contribution in [0.15, 0.2) is 190 Å². The summed E-state index contributed by atoms with van der Waals surface area (Å²) in [5, 5.41) is 27.8. The Morgan fingerprint density at radius 1 is 0.427 bits per heavy atom. The number of amides is 3. The minimum atomic E-state index is -0.544. The van der Waals surface area contributed by atoms with E-state index in [9.17, 15) is 14.4 Å². The van der Waals surface area contributed by atoms with Crippen molar-refractivity contribution in [1.82, 2.24) is 90.0 Å². The molecule has 14 heterocycles. The van der Waals surface area contributed by atoms with Gasteiger partial charge in [-0.05, 0) is 210 Å². The van der Waals surface area contributed by atoms with Gasteiger partial charge in [0, 0.05) is 148 Å². The molecule has 4 aliphatic rings. The third kappa shape index (κ3) is 22.4. The van der Waals surface area contributed by atoms with Crippen molar-refractivity contribution in [1.29, 1.82) is 0 Å². The number of pyridine rings is 1. The highest BCUT2D eigenvalue weighted by molar-refractivity contribution is 6.04. The first-order chi connectivity index (χ1) is 73.1. The number of hydrogen-bond donors (Lipinski definition) is 11. The number of H-pyrrole nitrogens is 4. The molecule has 19 aromatic rings. The monoisotopic (exact) mass is 2030 g/mol. The first kappa shape index (κ1) is 99.8. The fourth-order valence-corrected chi connectivity index (χ4v) is 18.7. The number of carbonyl (C=O) groups excluding carboxylic acids is 3. The number of aryl methyl sites for hydroxylation is 4. The zero-order chi connectivity index (χ0) is 104. The SMILES string of the molecule is CCOc1ccc(-c2c[nH]c3nc(Nc4ccc(C(N)=O)cc4OC)nc(OC4CCOCC4)c23)cn1.COc1cc(C(=O)NCCO)ccc1Nc1nc(OC2CCCC2)c2c(-c3ccc4nc(C)oc4c3)c[nH]c2n1.COc1ccccc1Nc1nc(OC2CCCC2)c2c(-c3ccc4nc(C)oc4c3)c[nH]c2n1.Cc1nc2ccc(-c3c[nH]c4nc(Nc5ccc(C(=O)N(C)C)cc5C)nc(OC5CCCOC5)c34)cc2o1. The maximum absolute atomic E-state index is 12.4. The van der Waals surface area contributed by atoms with E-state index in [1.807, 2.05) is 163 Å². The Labute approximate surface area is 859 Å². The zero-order valence-electron chi connectivity index (χ0n) is 84.4. The van der Waals surface area contributed by atoms with Crippen molar-refractivity contribution < 1.29 is 80.1 Å². The van der Waals surface area contributed by atoms with Gasteiger partial charge in [-0.25, -0.2) is 19.9 Å². The standard InChI is InChI=1S/C29H30N6O5.C29H30N6O4.C26H28N6O5.C26H25N5O3/c1-16-32-22-9-7-17(13-24(22)39-16)20-15-31-26-25(20)28(40-19-5-3-4-6-19)35-29(34-26)33-21-10-8-18(14-23(21)38-2)27(37)30-11-12-36;1-16-12-19(28(36)35(3)4)8-9-22(16)32-29-33-26-25(27(34-29)39-20-6-5-11-37-15-20)21(14-30-26)18-7-10-23-24(13-18)38-17(2)31-23;1-3-36-21-7-5-16(13-28-21)18-14-29-24-22(18)25(37-17-8-10-35-11-9-17)32-26(31-24)30-19-6-4-15(23(27)33)12-20(19)34-2;1-15-28-20-12-11-16(13-22(20)33-15)18-14-27-24-23(18)25(34-17-7-3-4-8-17)31-26(30-24)29-19-9-5-6-10-21(19)32-2/h7-10,13-15,19,36H,3-6,11-12H2,1-2H3,(H,30,37)(H2,31,33,34,35);7-10,12-14,20H,5-6,11,15H2,1-4H3,(H2,30,32,33,34);4-7,12-14,17H,3,8-11H2,1-2H3,(H2,27,33)(H2,29,30,31,32);5-6,9-14,17H,3-4,7-8H2,1-2H3,(H2,27,29,30,31). The molecule has 770 valence electrons. The van der Waals surface area contributed by atoms with Crippen LogP contribution in [0.5, 0.6) is 46.6 Å². The Balaban J connectivity index is 0.000000121. The molecule has 12 aromatic heterocycles. The van der Waals surface area contributed by atoms with E-state index in [2.05, 4.69) is 71.4 Å². The molecule has 7 aromatic carbocycles. The molecule has 0 spiro atoms. The third-order valence-electron chi connectivity index (χ3n) is 26.1. The van der Waals surface area contributed by atoms with Crippen LogP contribution in [0.2, 0.25) is 0 Å². The second-order valence-electron chi connectivity index (χ2n) is 36.7. The fourth-order valence-electron chi connectivity index (χ4n) is 18.7. The van der Waals surface area contributed by atoms with Crippen LogP contribution >= 0.6 is 0 Å². The molecule has 0 radical (unpaired) electrons. The molecule has 2 saturated carbocycles. The van der Waals surface area contributed by atoms with Crippen LogP contribution in [-0.4, -0.2) is 213 Å². The smallest absolute Gasteiger partial charge is 0.253 e. The van der Waals surface area contributed by atoms with Crippen LogP contribution in [0.25, 0.3) is 122 Å². The Kier molecular flexibility index (Phi) is 29.8. The van der Waals surface area contributed by atoms with Gasteiger partial charge in [-0.15, -0.1) is 0 Å². The van der Waals surface area contributed by atoms with E-state index >= 15 is 0 Å². The highest BCUT2D eigenvalue weighted by atomic mass is 16.5. The molecule has 2 aliphatic carbocycles. The van der Waals surface area contributed by atoms with Gasteiger partial charge < -0.3 is 123 Å². The van der Waals surface area contributed by atoms with E-state index in [0.717, 1.165) is 176 Å². The molecule has 3 amide bonds. The molecule has 40 heteroatoms. The molecule has 2 saturated heterocycles. The Hall–Kier alpha value is -17.5. The Morgan fingerprint density at radius 2 is 0.833 bits per heavy atom. The topological polar surface area (TPSA) is 510 Å². The summed E-state index contributed by atoms with van der Waals surface area (Å²) < 4.78 is 76.1. The van der Waals surface area contributed by atoms with Crippen molar-refractivity contribution in [3.63, 3.8) is 0 Å². The number of anilines is 8. The highest BCUT2D eigenvalue weighted by Gasteiger charge is 2.31. The number of oxazole rings is 3. The van der Waals surface area contributed by atoms with E-state index < -0.39 is 5.91 Å². The normalized spacial score (nSPS) is 14.3. The average Bonchev–Trinajstić information content (AvgIpc) is 1.62. The first-order valence-electron chi connectivity index (χ1n) is 49.8. The van der Waals surface area contributed by atoms with Crippen molar-refractivity contribution in [2.24, 2.45) is 5.73 Å². The number of carbonyl (C=O) groups is 3. The van der Waals surface area contributed by atoms with Crippen LogP contribution in [-0.2, 0) is 9.47 Å². The van der Waals surface area contributed by atoms with Gasteiger partial charge in [-0.3, -0.25) is 14.4 Å². The number of benzene rings is 7. The maximum Gasteiger partial charge on any atom is 0.253 e. The highest BCUT2D eigenvalue weighted by Crippen LogP contribution is 2.45. The number of methoxy groups -OCH3 is 3. The van der Waals surface area contributed by atoms with Gasteiger partial charge in [0.1, 0.15) is 80.8 Å². The molecule has 4 fully saturated rings. The Bertz CT molecular complexity index is 8130. The summed E-state index contributed by atoms with van der Waals surface area (Å²) in [7, 11) is 8.15. The number of nitrogens with zero attached hydrogens (tertiary/aromatic N) is 13. The van der Waals surface area contributed by atoms with Crippen molar-refractivity contribution in [2.45, 2.75) is 136 Å². The zero-order valence-corrected chi connectivity index (χ0v) is 84.4. The van der Waals surface area contributed by atoms with E-state index in [4.69, 9.17) is 106 Å². The lowest BCUT2D eigenvalue weighted by molar-refractivity contribution is 0.00626. The van der Waals surface area contributed by atoms with Crippen LogP contribution in [0.1, 0.15) is 138 Å². The summed E-state index contributed by atoms with van der Waals surface area (Å²) in [6, 6.07) is 44.7. The summed E-state index contributed by atoms with van der Waals surface area (Å²) in [4.78, 5) is 107. The summed E-state index contributed by atoms with van der Waals surface area (Å²) in [5.41, 5.74) is 25.0. The summed E-state index contributed by atoms with van der Waals surface area (Å²) in [6.45, 7) is 12.5. The number of rotatable bonds is 30. The number of aromatic nitrogens is 16. The fraction of sp³-hybridized carbons (Fsp3) is 0.300. The van der Waals surface area contributed by atoms with Crippen molar-refractivity contribution >= 4 is 142 Å². The number of nitrogens with one attached hydrogen (secondary N) is 9. The molecule has 23 rings (SSSR count). The largest absolute Gasteiger partial charge is 0.495 e. The number of para-hydroxylation sites is 2. The molecule has 0 bridgehead atoms. The van der Waals surface area contributed by atoms with Crippen LogP contribution < -0.4 is 70.2 Å². The average molecular weight is 2030 g/mol. The molecule has 150 heavy (non-hydrogen) atoms. The van der Waals surface area contributed by atoms with Gasteiger partial charge in [0.2, 0.25) is 59.1 Å². The predicted octanol–water partition coefficient (Wildman–Crippen LogP) is 20.2. The number of fused-ring (bicyclic) bond motifs is 7. The van der Waals surface area contributed by atoms with E-state index in [-0.39, 0.29) is 49.4 Å². The lowest BCUT2D eigenvalue weighted by Crippen LogP contribution is -2.28. The van der Waals surface area contributed by atoms with Gasteiger partial charge in [-0.1, -0.05) is 30.3 Å². The van der Waals surface area contributed by atoms with E-state index in [0.29, 0.717) is 176 Å². The first-order valence-corrected chi connectivity index (χ1v) is 49.8. The van der Waals surface area contributed by atoms with Crippen LogP contribution in [0, 0.1) is 27.7 Å². The number of aliphatic hydroxyl groups is 1. The Morgan fingerprint density at radius 3 is 1.25 bits per heavy atom. The molecule has 1 atom stereocenters. The number of ether oxygens (including phenoxy) is 10. The van der Waals surface area contributed by atoms with Gasteiger partial charge >= 0.3 is 0 Å². The molecule has 1 unspecified atom stereocenters. The van der Waals surface area contributed by atoms with Crippen LogP contribution in [0.3, 0.4) is 0 Å². The maximum atomic E-state index is 12.4.